The molecule has 0 spiro atoms. The number of halogens is 1. The number of amides is 2. The molecule has 8 heteroatoms. The van der Waals surface area contributed by atoms with E-state index >= 15 is 0 Å². The lowest BCUT2D eigenvalue weighted by atomic mass is 10.1. The van der Waals surface area contributed by atoms with Crippen molar-refractivity contribution in [2.24, 2.45) is 0 Å². The van der Waals surface area contributed by atoms with Crippen LogP contribution in [0.15, 0.2) is 46.9 Å². The summed E-state index contributed by atoms with van der Waals surface area (Å²) in [6.07, 6.45) is 3.54. The highest BCUT2D eigenvalue weighted by atomic mass is 32.2. The van der Waals surface area contributed by atoms with Crippen molar-refractivity contribution in [3.8, 4) is 0 Å². The van der Waals surface area contributed by atoms with Crippen molar-refractivity contribution in [3.63, 3.8) is 0 Å². The Hall–Kier alpha value is -1.93. The van der Waals surface area contributed by atoms with E-state index < -0.39 is 11.7 Å². The molecule has 124 valence electrons. The van der Waals surface area contributed by atoms with E-state index in [0.29, 0.717) is 0 Å². The van der Waals surface area contributed by atoms with E-state index in [1.807, 2.05) is 0 Å². The number of thiocarbonyl (C=S) groups is 1. The molecule has 2 amide bonds. The van der Waals surface area contributed by atoms with Gasteiger partial charge in [-0.05, 0) is 25.2 Å². The van der Waals surface area contributed by atoms with Crippen LogP contribution in [0.1, 0.15) is 6.92 Å². The van der Waals surface area contributed by atoms with Gasteiger partial charge in [0.1, 0.15) is 16.6 Å². The van der Waals surface area contributed by atoms with Gasteiger partial charge >= 0.3 is 0 Å². The molecule has 1 aliphatic heterocycles. The minimum absolute atomic E-state index is 0.0967. The number of allylic oxidation sites excluding steroid dienone is 5. The second-order valence-corrected chi connectivity index (χ2v) is 6.51. The minimum atomic E-state index is -0.539. The summed E-state index contributed by atoms with van der Waals surface area (Å²) in [6.45, 7) is 4.45. The van der Waals surface area contributed by atoms with Gasteiger partial charge in [0.25, 0.3) is 5.91 Å². The zero-order valence-corrected chi connectivity index (χ0v) is 14.6. The molecule has 1 N–H and O–H groups in total. The molecule has 1 fully saturated rings. The number of aliphatic hydroxyl groups is 1. The molecule has 1 saturated heterocycles. The van der Waals surface area contributed by atoms with Crippen molar-refractivity contribution in [3.05, 3.63) is 46.9 Å². The first-order valence-electron chi connectivity index (χ1n) is 6.52. The first kappa shape index (κ1) is 19.1. The second kappa shape index (κ2) is 8.07. The Morgan fingerprint density at radius 1 is 1.52 bits per heavy atom. The fourth-order valence-electron chi connectivity index (χ4n) is 1.58. The Morgan fingerprint density at radius 3 is 2.61 bits per heavy atom. The minimum Gasteiger partial charge on any atom is -0.507 e. The van der Waals surface area contributed by atoms with E-state index in [-0.39, 0.29) is 33.0 Å². The number of rotatable bonds is 5. The normalized spacial score (nSPS) is 18.3. The van der Waals surface area contributed by atoms with Gasteiger partial charge in [0, 0.05) is 19.7 Å². The quantitative estimate of drug-likeness (QED) is 0.355. The Bertz CT molecular complexity index is 647. The van der Waals surface area contributed by atoms with Crippen LogP contribution in [0.3, 0.4) is 0 Å². The highest BCUT2D eigenvalue weighted by Crippen LogP contribution is 2.32. The summed E-state index contributed by atoms with van der Waals surface area (Å²) < 4.78 is 13.3. The fraction of sp³-hybridized carbons (Fsp3) is 0.267. The molecule has 1 aliphatic rings. The Kier molecular flexibility index (Phi) is 6.71. The predicted molar refractivity (Wildman–Crippen MR) is 93.4 cm³/mol. The van der Waals surface area contributed by atoms with E-state index in [4.69, 9.17) is 12.2 Å². The largest absolute Gasteiger partial charge is 0.507 e. The molecule has 1 rings (SSSR count). The molecule has 23 heavy (non-hydrogen) atoms. The molecule has 0 aromatic rings. The zero-order chi connectivity index (χ0) is 17.7. The van der Waals surface area contributed by atoms with Crippen LogP contribution in [-0.2, 0) is 9.59 Å². The van der Waals surface area contributed by atoms with Crippen LogP contribution in [0.2, 0.25) is 0 Å². The number of nitrogens with zero attached hydrogens (tertiary/aromatic N) is 2. The number of likely N-dealkylation sites (N-methyl/N-ethyl adjacent to an activating group) is 1. The van der Waals surface area contributed by atoms with Crippen LogP contribution in [0.4, 0.5) is 4.39 Å². The zero-order valence-electron chi connectivity index (χ0n) is 13.0. The molecule has 0 aromatic heterocycles. The summed E-state index contributed by atoms with van der Waals surface area (Å²) in [5, 5.41) is 9.74. The number of hydrogen-bond donors (Lipinski definition) is 1. The summed E-state index contributed by atoms with van der Waals surface area (Å²) in [4.78, 5) is 26.8. The van der Waals surface area contributed by atoms with Gasteiger partial charge in [0.05, 0.1) is 10.7 Å². The summed E-state index contributed by atoms with van der Waals surface area (Å²) in [5.74, 6) is -1.54. The third-order valence-electron chi connectivity index (χ3n) is 2.80. The summed E-state index contributed by atoms with van der Waals surface area (Å²) in [6, 6.07) is 0. The summed E-state index contributed by atoms with van der Waals surface area (Å²) in [5.41, 5.74) is 0.0967. The van der Waals surface area contributed by atoms with Gasteiger partial charge in [-0.1, -0.05) is 30.6 Å². The van der Waals surface area contributed by atoms with E-state index in [1.54, 1.807) is 14.1 Å². The molecule has 1 heterocycles. The van der Waals surface area contributed by atoms with Crippen LogP contribution in [0, 0.1) is 0 Å². The topological polar surface area (TPSA) is 60.9 Å². The molecule has 0 radical (unpaired) electrons. The van der Waals surface area contributed by atoms with Gasteiger partial charge in [-0.3, -0.25) is 14.5 Å². The van der Waals surface area contributed by atoms with Crippen molar-refractivity contribution in [2.75, 3.05) is 20.6 Å². The number of aliphatic hydroxyl groups excluding tert-OH is 1. The number of carbonyl (C=O) groups is 2. The van der Waals surface area contributed by atoms with Gasteiger partial charge in [0.15, 0.2) is 0 Å². The van der Waals surface area contributed by atoms with E-state index in [9.17, 15) is 19.1 Å². The molecule has 5 nitrogen and oxygen atoms in total. The molecular formula is C15H17FN2O3S2. The Balaban J connectivity index is 3.13. The van der Waals surface area contributed by atoms with Crippen molar-refractivity contribution in [1.29, 1.82) is 0 Å². The summed E-state index contributed by atoms with van der Waals surface area (Å²) >= 11 is 6.09. The second-order valence-electron chi connectivity index (χ2n) is 4.83. The highest BCUT2D eigenvalue weighted by molar-refractivity contribution is 8.26. The molecule has 0 unspecified atom stereocenters. The molecular weight excluding hydrogens is 339 g/mol. The average molecular weight is 356 g/mol. The van der Waals surface area contributed by atoms with Crippen LogP contribution in [0.5, 0.6) is 0 Å². The fourth-order valence-corrected chi connectivity index (χ4v) is 2.82. The van der Waals surface area contributed by atoms with Gasteiger partial charge < -0.3 is 10.0 Å². The van der Waals surface area contributed by atoms with Gasteiger partial charge in [-0.25, -0.2) is 4.39 Å². The smallest absolute Gasteiger partial charge is 0.266 e. The Labute approximate surface area is 143 Å². The molecule has 0 saturated carbocycles. The highest BCUT2D eigenvalue weighted by Gasteiger charge is 2.33. The van der Waals surface area contributed by atoms with Gasteiger partial charge in [0.2, 0.25) is 5.91 Å². The van der Waals surface area contributed by atoms with Crippen molar-refractivity contribution < 1.29 is 19.1 Å². The summed E-state index contributed by atoms with van der Waals surface area (Å²) in [7, 11) is 3.15. The lowest BCUT2D eigenvalue weighted by Gasteiger charge is -2.17. The number of carbonyl (C=O) groups excluding carboxylic acids is 2. The lowest BCUT2D eigenvalue weighted by Crippen LogP contribution is -2.38. The maximum Gasteiger partial charge on any atom is 0.266 e. The van der Waals surface area contributed by atoms with Crippen LogP contribution in [0.25, 0.3) is 0 Å². The molecule has 0 aromatic carbocycles. The molecule has 0 aliphatic carbocycles. The van der Waals surface area contributed by atoms with Gasteiger partial charge in [-0.2, -0.15) is 0 Å². The monoisotopic (exact) mass is 356 g/mol. The first-order valence-corrected chi connectivity index (χ1v) is 7.74. The maximum atomic E-state index is 13.1. The van der Waals surface area contributed by atoms with E-state index in [2.05, 4.69) is 6.58 Å². The van der Waals surface area contributed by atoms with Crippen LogP contribution >= 0.6 is 24.0 Å². The first-order chi connectivity index (χ1) is 10.7. The molecule has 0 bridgehead atoms. The van der Waals surface area contributed by atoms with Crippen molar-refractivity contribution in [2.45, 2.75) is 6.92 Å². The molecule has 0 atom stereocenters. The SMILES string of the molecule is C=C/C(O)=C(/C=C1\SC(=S)N(CC(=O)N(C)C)C1=O)\C=C(/C)F. The predicted octanol–water partition coefficient (Wildman–Crippen LogP) is 2.69. The standard InChI is InChI=1S/C15H17FN2O3S2/c1-5-11(19)10(6-9(2)16)7-12-14(21)18(15(22)23-12)8-13(20)17(3)4/h5-7,19H,1,8H2,2-4H3/b9-6+,11-10-,12-7-. The van der Waals surface area contributed by atoms with Crippen molar-refractivity contribution >= 4 is 40.1 Å². The van der Waals surface area contributed by atoms with Crippen LogP contribution < -0.4 is 0 Å². The van der Waals surface area contributed by atoms with Crippen molar-refractivity contribution in [1.82, 2.24) is 9.80 Å². The van der Waals surface area contributed by atoms with E-state index in [1.165, 1.54) is 22.8 Å². The third kappa shape index (κ3) is 5.04. The Morgan fingerprint density at radius 2 is 2.13 bits per heavy atom. The van der Waals surface area contributed by atoms with Crippen LogP contribution in [-0.4, -0.2) is 51.7 Å². The lowest BCUT2D eigenvalue weighted by molar-refractivity contribution is -0.133. The van der Waals surface area contributed by atoms with E-state index in [0.717, 1.165) is 23.9 Å². The number of hydrogen-bond acceptors (Lipinski definition) is 5. The maximum absolute atomic E-state index is 13.1. The van der Waals surface area contributed by atoms with Gasteiger partial charge in [-0.15, -0.1) is 0 Å². The number of thioether (sulfide) groups is 1. The third-order valence-corrected chi connectivity index (χ3v) is 4.17. The average Bonchev–Trinajstić information content (AvgIpc) is 2.72.